The zero-order valence-corrected chi connectivity index (χ0v) is 12.8. The minimum absolute atomic E-state index is 0.509. The Kier molecular flexibility index (Phi) is 4.42. The Morgan fingerprint density at radius 1 is 1.30 bits per heavy atom. The van der Waals surface area contributed by atoms with Gasteiger partial charge in [-0.15, -0.1) is 0 Å². The molecule has 2 aliphatic heterocycles. The maximum Gasteiger partial charge on any atom is 0.00481 e. The Morgan fingerprint density at radius 2 is 2.15 bits per heavy atom. The minimum atomic E-state index is 0.509. The maximum absolute atomic E-state index is 3.53. The van der Waals surface area contributed by atoms with Gasteiger partial charge >= 0.3 is 0 Å². The van der Waals surface area contributed by atoms with Gasteiger partial charge in [0.2, 0.25) is 0 Å². The first kappa shape index (κ1) is 14.1. The van der Waals surface area contributed by atoms with Gasteiger partial charge in [0, 0.05) is 19.6 Å². The second-order valence-electron chi connectivity index (χ2n) is 7.17. The number of piperidine rings is 1. The van der Waals surface area contributed by atoms with Crippen LogP contribution in [0.4, 0.5) is 0 Å². The lowest BCUT2D eigenvalue weighted by atomic mass is 9.86. The van der Waals surface area contributed by atoms with Gasteiger partial charge in [-0.25, -0.2) is 0 Å². The lowest BCUT2D eigenvalue weighted by Gasteiger charge is -2.37. The summed E-state index contributed by atoms with van der Waals surface area (Å²) in [5.41, 5.74) is 2.02. The van der Waals surface area contributed by atoms with Crippen LogP contribution in [-0.4, -0.2) is 37.6 Å². The van der Waals surface area contributed by atoms with E-state index in [-0.39, 0.29) is 0 Å². The molecule has 3 rings (SSSR count). The fourth-order valence-corrected chi connectivity index (χ4v) is 3.95. The molecule has 2 nitrogen and oxygen atoms in total. The summed E-state index contributed by atoms with van der Waals surface area (Å²) in [7, 11) is 0. The zero-order valence-electron chi connectivity index (χ0n) is 12.8. The Hall–Kier alpha value is -0.860. The van der Waals surface area contributed by atoms with Crippen molar-refractivity contribution in [3.05, 3.63) is 35.9 Å². The molecule has 1 aromatic rings. The van der Waals surface area contributed by atoms with Crippen molar-refractivity contribution in [2.24, 2.45) is 11.3 Å². The van der Waals surface area contributed by atoms with Crippen LogP contribution in [0.15, 0.2) is 30.3 Å². The van der Waals surface area contributed by atoms with Gasteiger partial charge in [-0.2, -0.15) is 0 Å². The Morgan fingerprint density at radius 3 is 2.90 bits per heavy atom. The highest BCUT2D eigenvalue weighted by Crippen LogP contribution is 2.29. The van der Waals surface area contributed by atoms with E-state index >= 15 is 0 Å². The van der Waals surface area contributed by atoms with Gasteiger partial charge in [-0.3, -0.25) is 0 Å². The molecule has 2 atom stereocenters. The Labute approximate surface area is 123 Å². The van der Waals surface area contributed by atoms with Crippen molar-refractivity contribution in [3.63, 3.8) is 0 Å². The second kappa shape index (κ2) is 6.28. The minimum Gasteiger partial charge on any atom is -0.316 e. The first-order chi connectivity index (χ1) is 9.73. The van der Waals surface area contributed by atoms with E-state index in [4.69, 9.17) is 0 Å². The highest BCUT2D eigenvalue weighted by Gasteiger charge is 2.32. The van der Waals surface area contributed by atoms with Gasteiger partial charge < -0.3 is 10.2 Å². The molecule has 0 radical (unpaired) electrons. The highest BCUT2D eigenvalue weighted by atomic mass is 15.1. The molecule has 1 aromatic carbocycles. The highest BCUT2D eigenvalue weighted by molar-refractivity contribution is 5.15. The van der Waals surface area contributed by atoms with Crippen LogP contribution in [0.2, 0.25) is 0 Å². The third-order valence-corrected chi connectivity index (χ3v) is 5.03. The zero-order chi connectivity index (χ0) is 13.8. The quantitative estimate of drug-likeness (QED) is 0.906. The monoisotopic (exact) mass is 272 g/mol. The number of nitrogens with one attached hydrogen (secondary N) is 1. The molecule has 0 amide bonds. The molecule has 2 unspecified atom stereocenters. The maximum atomic E-state index is 3.53. The van der Waals surface area contributed by atoms with Gasteiger partial charge in [-0.05, 0) is 55.7 Å². The number of hydrogen-bond acceptors (Lipinski definition) is 2. The molecule has 1 N–H and O–H groups in total. The normalized spacial score (nSPS) is 31.6. The molecule has 0 bridgehead atoms. The summed E-state index contributed by atoms with van der Waals surface area (Å²) in [6, 6.07) is 11.0. The molecule has 0 aliphatic carbocycles. The molecule has 0 spiro atoms. The summed E-state index contributed by atoms with van der Waals surface area (Å²) in [5.74, 6) is 0.851. The molecule has 2 aliphatic rings. The second-order valence-corrected chi connectivity index (χ2v) is 7.17. The first-order valence-electron chi connectivity index (χ1n) is 8.21. The van der Waals surface area contributed by atoms with E-state index in [2.05, 4.69) is 47.5 Å². The topological polar surface area (TPSA) is 15.3 Å². The fraction of sp³-hybridized carbons (Fsp3) is 0.667. The number of likely N-dealkylation sites (tertiary alicyclic amines) is 1. The largest absolute Gasteiger partial charge is 0.316 e. The summed E-state index contributed by atoms with van der Waals surface area (Å²) in [5, 5.41) is 3.53. The van der Waals surface area contributed by atoms with Gasteiger partial charge in [0.05, 0.1) is 0 Å². The number of nitrogens with zero attached hydrogens (tertiary/aromatic N) is 1. The van der Waals surface area contributed by atoms with E-state index in [0.29, 0.717) is 5.41 Å². The van der Waals surface area contributed by atoms with Crippen LogP contribution >= 0.6 is 0 Å². The standard InChI is InChI=1S/C18H28N2/c1-18(9-10-19-14-18)15-20-11-5-8-17(13-20)12-16-6-3-2-4-7-16/h2-4,6-7,17,19H,5,8-15H2,1H3. The van der Waals surface area contributed by atoms with Crippen molar-refractivity contribution >= 4 is 0 Å². The molecule has 2 saturated heterocycles. The smallest absolute Gasteiger partial charge is 0.00481 e. The molecule has 2 fully saturated rings. The van der Waals surface area contributed by atoms with Crippen molar-refractivity contribution in [3.8, 4) is 0 Å². The molecule has 20 heavy (non-hydrogen) atoms. The predicted octanol–water partition coefficient (Wildman–Crippen LogP) is 2.94. The van der Waals surface area contributed by atoms with E-state index in [1.165, 1.54) is 64.0 Å². The molecule has 2 heteroatoms. The Balaban J connectivity index is 1.54. The fourth-order valence-electron chi connectivity index (χ4n) is 3.95. The first-order valence-corrected chi connectivity index (χ1v) is 8.21. The average molecular weight is 272 g/mol. The van der Waals surface area contributed by atoms with Crippen molar-refractivity contribution in [2.75, 3.05) is 32.7 Å². The van der Waals surface area contributed by atoms with Gasteiger partial charge in [0.1, 0.15) is 0 Å². The summed E-state index contributed by atoms with van der Waals surface area (Å²) >= 11 is 0. The van der Waals surface area contributed by atoms with Crippen LogP contribution in [0.25, 0.3) is 0 Å². The lowest BCUT2D eigenvalue weighted by molar-refractivity contribution is 0.120. The van der Waals surface area contributed by atoms with E-state index in [1.54, 1.807) is 0 Å². The molecular formula is C18H28N2. The molecule has 0 saturated carbocycles. The van der Waals surface area contributed by atoms with Crippen LogP contribution in [0.5, 0.6) is 0 Å². The van der Waals surface area contributed by atoms with E-state index in [9.17, 15) is 0 Å². The van der Waals surface area contributed by atoms with E-state index in [0.717, 1.165) is 5.92 Å². The predicted molar refractivity (Wildman–Crippen MR) is 84.9 cm³/mol. The third-order valence-electron chi connectivity index (χ3n) is 5.03. The summed E-state index contributed by atoms with van der Waals surface area (Å²) in [6.07, 6.45) is 5.38. The SMILES string of the molecule is CC1(CN2CCCC(Cc3ccccc3)C2)CCNC1. The summed E-state index contributed by atoms with van der Waals surface area (Å²) in [4.78, 5) is 2.73. The molecule has 0 aromatic heterocycles. The van der Waals surface area contributed by atoms with Crippen molar-refractivity contribution < 1.29 is 0 Å². The van der Waals surface area contributed by atoms with Crippen LogP contribution in [0.1, 0.15) is 31.7 Å². The van der Waals surface area contributed by atoms with E-state index in [1.807, 2.05) is 0 Å². The van der Waals surface area contributed by atoms with Crippen LogP contribution in [0.3, 0.4) is 0 Å². The third kappa shape index (κ3) is 3.62. The summed E-state index contributed by atoms with van der Waals surface area (Å²) in [6.45, 7) is 8.75. The van der Waals surface area contributed by atoms with Crippen molar-refractivity contribution in [1.82, 2.24) is 10.2 Å². The lowest BCUT2D eigenvalue weighted by Crippen LogP contribution is -2.43. The average Bonchev–Trinajstić information content (AvgIpc) is 2.87. The molecular weight excluding hydrogens is 244 g/mol. The van der Waals surface area contributed by atoms with Gasteiger partial charge in [-0.1, -0.05) is 37.3 Å². The number of hydrogen-bond donors (Lipinski definition) is 1. The van der Waals surface area contributed by atoms with Gasteiger partial charge in [0.25, 0.3) is 0 Å². The van der Waals surface area contributed by atoms with Gasteiger partial charge in [0.15, 0.2) is 0 Å². The van der Waals surface area contributed by atoms with Crippen molar-refractivity contribution in [2.45, 2.75) is 32.6 Å². The molecule has 110 valence electrons. The number of rotatable bonds is 4. The number of benzene rings is 1. The Bertz CT molecular complexity index is 409. The molecule has 2 heterocycles. The van der Waals surface area contributed by atoms with E-state index < -0.39 is 0 Å². The summed E-state index contributed by atoms with van der Waals surface area (Å²) < 4.78 is 0. The van der Waals surface area contributed by atoms with Crippen LogP contribution < -0.4 is 5.32 Å². The van der Waals surface area contributed by atoms with Crippen molar-refractivity contribution in [1.29, 1.82) is 0 Å². The van der Waals surface area contributed by atoms with Crippen LogP contribution in [-0.2, 0) is 6.42 Å². The van der Waals surface area contributed by atoms with Crippen LogP contribution in [0, 0.1) is 11.3 Å².